The summed E-state index contributed by atoms with van der Waals surface area (Å²) in [6.45, 7) is 0. The minimum absolute atomic E-state index is 0.0889. The van der Waals surface area contributed by atoms with Crippen molar-refractivity contribution in [3.8, 4) is 0 Å². The number of carbonyl (C=O) groups is 2. The molecular weight excluding hydrogens is 254 g/mol. The minimum Gasteiger partial charge on any atom is -0.481 e. The highest BCUT2D eigenvalue weighted by molar-refractivity contribution is 6.02. The third-order valence-corrected chi connectivity index (χ3v) is 4.09. The summed E-state index contributed by atoms with van der Waals surface area (Å²) in [7, 11) is 0. The number of aliphatic carboxylic acids is 1. The van der Waals surface area contributed by atoms with Crippen LogP contribution in [0, 0.1) is 0 Å². The highest BCUT2D eigenvalue weighted by atomic mass is 16.4. The Morgan fingerprint density at radius 1 is 1.25 bits per heavy atom. The fourth-order valence-corrected chi connectivity index (χ4v) is 2.86. The summed E-state index contributed by atoms with van der Waals surface area (Å²) in [6.07, 6.45) is 5.18. The van der Waals surface area contributed by atoms with Crippen molar-refractivity contribution >= 4 is 11.8 Å². The van der Waals surface area contributed by atoms with E-state index in [1.807, 2.05) is 18.2 Å². The third-order valence-electron chi connectivity index (χ3n) is 4.09. The highest BCUT2D eigenvalue weighted by Gasteiger charge is 2.30. The molecule has 4 heteroatoms. The van der Waals surface area contributed by atoms with E-state index in [0.29, 0.717) is 11.6 Å². The molecule has 2 aliphatic carbocycles. The molecule has 1 aromatic rings. The molecule has 0 aromatic heterocycles. The monoisotopic (exact) mass is 273 g/mol. The number of carboxylic acids is 1. The first-order valence-electron chi connectivity index (χ1n) is 7.27. The van der Waals surface area contributed by atoms with E-state index in [4.69, 9.17) is 5.11 Å². The van der Waals surface area contributed by atoms with Crippen LogP contribution in [0.3, 0.4) is 0 Å². The SMILES string of the molecule is O=C(O)CC(NC1CC1)C(=O)c1ccc2c(c1)CCC2. The Labute approximate surface area is 118 Å². The number of carboxylic acid groups (broad SMARTS) is 1. The molecule has 4 nitrogen and oxygen atoms in total. The lowest BCUT2D eigenvalue weighted by atomic mass is 9.98. The average Bonchev–Trinajstić information content (AvgIpc) is 3.11. The fraction of sp³-hybridized carbons (Fsp3) is 0.500. The molecule has 106 valence electrons. The first-order valence-corrected chi connectivity index (χ1v) is 7.27. The van der Waals surface area contributed by atoms with Crippen molar-refractivity contribution in [2.75, 3.05) is 0 Å². The van der Waals surface area contributed by atoms with Crippen molar-refractivity contribution in [1.29, 1.82) is 0 Å². The Hall–Kier alpha value is -1.68. The summed E-state index contributed by atoms with van der Waals surface area (Å²) >= 11 is 0. The van der Waals surface area contributed by atoms with Crippen molar-refractivity contribution in [3.05, 3.63) is 34.9 Å². The Morgan fingerprint density at radius 3 is 2.70 bits per heavy atom. The van der Waals surface area contributed by atoms with Gasteiger partial charge in [-0.2, -0.15) is 0 Å². The van der Waals surface area contributed by atoms with Crippen LogP contribution in [0.5, 0.6) is 0 Å². The van der Waals surface area contributed by atoms with Crippen LogP contribution in [0.2, 0.25) is 0 Å². The second-order valence-electron chi connectivity index (χ2n) is 5.79. The molecule has 3 rings (SSSR count). The van der Waals surface area contributed by atoms with Gasteiger partial charge in [0.1, 0.15) is 0 Å². The van der Waals surface area contributed by atoms with Gasteiger partial charge in [-0.05, 0) is 49.3 Å². The van der Waals surface area contributed by atoms with Gasteiger partial charge in [-0.25, -0.2) is 0 Å². The van der Waals surface area contributed by atoms with Crippen molar-refractivity contribution in [2.24, 2.45) is 0 Å². The molecule has 1 atom stereocenters. The number of aryl methyl sites for hydroxylation is 2. The normalized spacial score (nSPS) is 18.6. The first kappa shape index (κ1) is 13.3. The number of Topliss-reactive ketones (excluding diaryl/α,β-unsaturated/α-hetero) is 1. The molecule has 1 saturated carbocycles. The van der Waals surface area contributed by atoms with Crippen molar-refractivity contribution in [3.63, 3.8) is 0 Å². The molecule has 0 amide bonds. The van der Waals surface area contributed by atoms with Gasteiger partial charge in [0.2, 0.25) is 0 Å². The molecule has 20 heavy (non-hydrogen) atoms. The van der Waals surface area contributed by atoms with E-state index < -0.39 is 12.0 Å². The molecule has 0 spiro atoms. The summed E-state index contributed by atoms with van der Waals surface area (Å²) in [6, 6.07) is 5.53. The van der Waals surface area contributed by atoms with Crippen molar-refractivity contribution < 1.29 is 14.7 Å². The number of hydrogen-bond donors (Lipinski definition) is 2. The molecular formula is C16H19NO3. The molecule has 0 saturated heterocycles. The van der Waals surface area contributed by atoms with Crippen LogP contribution in [0.25, 0.3) is 0 Å². The van der Waals surface area contributed by atoms with E-state index in [-0.39, 0.29) is 12.2 Å². The van der Waals surface area contributed by atoms with Gasteiger partial charge in [-0.1, -0.05) is 12.1 Å². The molecule has 0 radical (unpaired) electrons. The third kappa shape index (κ3) is 2.90. The van der Waals surface area contributed by atoms with Gasteiger partial charge in [-0.15, -0.1) is 0 Å². The van der Waals surface area contributed by atoms with Gasteiger partial charge in [-0.3, -0.25) is 9.59 Å². The van der Waals surface area contributed by atoms with Gasteiger partial charge >= 0.3 is 5.97 Å². The first-order chi connectivity index (χ1) is 9.63. The summed E-state index contributed by atoms with van der Waals surface area (Å²) < 4.78 is 0. The van der Waals surface area contributed by atoms with Gasteiger partial charge < -0.3 is 10.4 Å². The molecule has 1 fully saturated rings. The number of nitrogens with one attached hydrogen (secondary N) is 1. The van der Waals surface area contributed by atoms with Crippen LogP contribution in [0.4, 0.5) is 0 Å². The standard InChI is InChI=1S/C16H19NO3/c18-15(19)9-14(17-13-6-7-13)16(20)12-5-4-10-2-1-3-11(10)8-12/h4-5,8,13-14,17H,1-3,6-7,9H2,(H,18,19). The molecule has 0 aliphatic heterocycles. The fourth-order valence-electron chi connectivity index (χ4n) is 2.86. The van der Waals surface area contributed by atoms with Gasteiger partial charge in [0.25, 0.3) is 0 Å². The van der Waals surface area contributed by atoms with E-state index in [9.17, 15) is 9.59 Å². The van der Waals surface area contributed by atoms with Gasteiger partial charge in [0.05, 0.1) is 12.5 Å². The van der Waals surface area contributed by atoms with E-state index >= 15 is 0 Å². The summed E-state index contributed by atoms with van der Waals surface area (Å²) in [5.41, 5.74) is 3.22. The lowest BCUT2D eigenvalue weighted by molar-refractivity contribution is -0.137. The molecule has 0 heterocycles. The zero-order valence-electron chi connectivity index (χ0n) is 11.4. The minimum atomic E-state index is -0.933. The lowest BCUT2D eigenvalue weighted by Gasteiger charge is -2.16. The number of hydrogen-bond acceptors (Lipinski definition) is 3. The van der Waals surface area contributed by atoms with Crippen LogP contribution in [0.1, 0.15) is 47.2 Å². The highest BCUT2D eigenvalue weighted by Crippen LogP contribution is 2.25. The average molecular weight is 273 g/mol. The maximum absolute atomic E-state index is 12.5. The zero-order valence-corrected chi connectivity index (χ0v) is 11.4. The lowest BCUT2D eigenvalue weighted by Crippen LogP contribution is -2.40. The maximum atomic E-state index is 12.5. The summed E-state index contributed by atoms with van der Waals surface area (Å²) in [4.78, 5) is 23.5. The molecule has 0 bridgehead atoms. The Bertz CT molecular complexity index is 549. The predicted octanol–water partition coefficient (Wildman–Crippen LogP) is 1.95. The number of carbonyl (C=O) groups excluding carboxylic acids is 1. The van der Waals surface area contributed by atoms with E-state index in [1.54, 1.807) is 0 Å². The number of rotatable bonds is 6. The second-order valence-corrected chi connectivity index (χ2v) is 5.79. The van der Waals surface area contributed by atoms with Crippen LogP contribution < -0.4 is 5.32 Å². The Balaban J connectivity index is 1.78. The summed E-state index contributed by atoms with van der Waals surface area (Å²) in [5.74, 6) is -1.02. The zero-order chi connectivity index (χ0) is 14.1. The van der Waals surface area contributed by atoms with Crippen LogP contribution >= 0.6 is 0 Å². The van der Waals surface area contributed by atoms with E-state index in [1.165, 1.54) is 11.1 Å². The van der Waals surface area contributed by atoms with Crippen LogP contribution in [-0.2, 0) is 17.6 Å². The van der Waals surface area contributed by atoms with Crippen molar-refractivity contribution in [1.82, 2.24) is 5.32 Å². The maximum Gasteiger partial charge on any atom is 0.305 e. The molecule has 2 aliphatic rings. The van der Waals surface area contributed by atoms with E-state index in [0.717, 1.165) is 32.1 Å². The largest absolute Gasteiger partial charge is 0.481 e. The quantitative estimate of drug-likeness (QED) is 0.777. The predicted molar refractivity (Wildman–Crippen MR) is 75.0 cm³/mol. The van der Waals surface area contributed by atoms with Gasteiger partial charge in [0, 0.05) is 11.6 Å². The number of ketones is 1. The molecule has 1 aromatic carbocycles. The van der Waals surface area contributed by atoms with Crippen molar-refractivity contribution in [2.45, 2.75) is 50.6 Å². The number of benzene rings is 1. The molecule has 1 unspecified atom stereocenters. The van der Waals surface area contributed by atoms with Crippen LogP contribution in [0.15, 0.2) is 18.2 Å². The Kier molecular flexibility index (Phi) is 3.57. The van der Waals surface area contributed by atoms with Gasteiger partial charge in [0.15, 0.2) is 5.78 Å². The Morgan fingerprint density at radius 2 is 2.00 bits per heavy atom. The topological polar surface area (TPSA) is 66.4 Å². The number of fused-ring (bicyclic) bond motifs is 1. The smallest absolute Gasteiger partial charge is 0.305 e. The van der Waals surface area contributed by atoms with E-state index in [2.05, 4.69) is 5.32 Å². The summed E-state index contributed by atoms with van der Waals surface area (Å²) in [5, 5.41) is 12.1. The van der Waals surface area contributed by atoms with Crippen LogP contribution in [-0.4, -0.2) is 28.9 Å². The molecule has 2 N–H and O–H groups in total. The second kappa shape index (κ2) is 5.37.